The quantitative estimate of drug-likeness (QED) is 0.719. The first-order valence-electron chi connectivity index (χ1n) is 9.23. The van der Waals surface area contributed by atoms with Crippen molar-refractivity contribution in [2.45, 2.75) is 25.3 Å². The summed E-state index contributed by atoms with van der Waals surface area (Å²) in [5, 5.41) is 4.08. The number of halogens is 1. The van der Waals surface area contributed by atoms with Gasteiger partial charge in [-0.3, -0.25) is 4.79 Å². The summed E-state index contributed by atoms with van der Waals surface area (Å²) in [6.07, 6.45) is 1.87. The molecule has 26 heavy (non-hydrogen) atoms. The number of nitrogens with two attached hydrogens (primary N) is 1. The maximum Gasteiger partial charge on any atom is 0.299 e. The van der Waals surface area contributed by atoms with Gasteiger partial charge in [-0.2, -0.15) is 0 Å². The predicted octanol–water partition coefficient (Wildman–Crippen LogP) is 2.94. The Labute approximate surface area is 157 Å². The Morgan fingerprint density at radius 3 is 2.96 bits per heavy atom. The average molecular weight is 367 g/mol. The van der Waals surface area contributed by atoms with Crippen molar-refractivity contribution in [3.63, 3.8) is 0 Å². The van der Waals surface area contributed by atoms with Gasteiger partial charge in [0.15, 0.2) is 0 Å². The molecule has 0 fully saturated rings. The molecule has 2 aromatic carbocycles. The SMILES string of the molecule is CCCN1C(=O)[C@]2([NH2+]CCc3c2[nH]c2ccc(Cl)cc32)c2ccccc21. The first kappa shape index (κ1) is 15.9. The van der Waals surface area contributed by atoms with E-state index in [9.17, 15) is 4.79 Å². The highest BCUT2D eigenvalue weighted by Gasteiger charge is 2.58. The van der Waals surface area contributed by atoms with Crippen LogP contribution in [0.4, 0.5) is 5.69 Å². The normalized spacial score (nSPS) is 21.5. The molecule has 5 rings (SSSR count). The Hall–Kier alpha value is -2.30. The highest BCUT2D eigenvalue weighted by Crippen LogP contribution is 2.45. The van der Waals surface area contributed by atoms with Crippen LogP contribution in [0.2, 0.25) is 5.02 Å². The molecule has 3 heterocycles. The van der Waals surface area contributed by atoms with Crippen LogP contribution < -0.4 is 10.2 Å². The topological polar surface area (TPSA) is 52.7 Å². The number of carbonyl (C=O) groups excluding carboxylic acids is 1. The molecule has 0 aliphatic carbocycles. The standard InChI is InChI=1S/C21H20ClN3O/c1-2-11-25-18-6-4-3-5-16(18)21(20(25)26)19-14(9-10-23-21)15-12-13(22)7-8-17(15)24-19/h3-8,12,23-24H,2,9-11H2,1H3/p+1/t21-/m0/s1. The number of quaternary nitrogens is 1. The van der Waals surface area contributed by atoms with Gasteiger partial charge in [0.25, 0.3) is 5.91 Å². The molecule has 2 aliphatic heterocycles. The fourth-order valence-corrected chi connectivity index (χ4v) is 4.89. The van der Waals surface area contributed by atoms with Crippen LogP contribution in [0.25, 0.3) is 10.9 Å². The summed E-state index contributed by atoms with van der Waals surface area (Å²) in [6.45, 7) is 3.74. The van der Waals surface area contributed by atoms with Crippen LogP contribution >= 0.6 is 11.6 Å². The van der Waals surface area contributed by atoms with Crippen molar-refractivity contribution in [3.05, 3.63) is 64.3 Å². The highest BCUT2D eigenvalue weighted by molar-refractivity contribution is 6.31. The molecule has 1 amide bonds. The lowest BCUT2D eigenvalue weighted by Gasteiger charge is -2.30. The van der Waals surface area contributed by atoms with Crippen molar-refractivity contribution >= 4 is 34.1 Å². The third-order valence-electron chi connectivity index (χ3n) is 5.76. The molecule has 0 radical (unpaired) electrons. The molecule has 3 N–H and O–H groups in total. The maximum absolute atomic E-state index is 13.7. The number of benzene rings is 2. The molecule has 132 valence electrons. The molecule has 0 saturated carbocycles. The van der Waals surface area contributed by atoms with E-state index in [4.69, 9.17) is 11.6 Å². The predicted molar refractivity (Wildman–Crippen MR) is 104 cm³/mol. The Kier molecular flexibility index (Phi) is 3.43. The molecular formula is C21H21ClN3O+. The van der Waals surface area contributed by atoms with Crippen molar-refractivity contribution in [2.75, 3.05) is 18.0 Å². The van der Waals surface area contributed by atoms with E-state index in [1.807, 2.05) is 35.2 Å². The molecule has 0 unspecified atom stereocenters. The first-order valence-corrected chi connectivity index (χ1v) is 9.61. The number of anilines is 1. The van der Waals surface area contributed by atoms with E-state index in [0.717, 1.165) is 58.8 Å². The largest absolute Gasteiger partial charge is 0.352 e. The fourth-order valence-electron chi connectivity index (χ4n) is 4.72. The Morgan fingerprint density at radius 2 is 2.12 bits per heavy atom. The highest BCUT2D eigenvalue weighted by atomic mass is 35.5. The molecule has 3 aromatic rings. The van der Waals surface area contributed by atoms with E-state index < -0.39 is 5.54 Å². The second-order valence-corrected chi connectivity index (χ2v) is 7.63. The van der Waals surface area contributed by atoms with E-state index in [0.29, 0.717) is 0 Å². The summed E-state index contributed by atoms with van der Waals surface area (Å²) < 4.78 is 0. The van der Waals surface area contributed by atoms with Crippen LogP contribution in [-0.4, -0.2) is 24.0 Å². The lowest BCUT2D eigenvalue weighted by molar-refractivity contribution is -0.714. The number of aromatic amines is 1. The third kappa shape index (κ3) is 1.91. The number of nitrogens with one attached hydrogen (secondary N) is 1. The second kappa shape index (κ2) is 5.60. The van der Waals surface area contributed by atoms with Gasteiger partial charge >= 0.3 is 0 Å². The van der Waals surface area contributed by atoms with Gasteiger partial charge < -0.3 is 15.2 Å². The average Bonchev–Trinajstić information content (AvgIpc) is 3.13. The van der Waals surface area contributed by atoms with E-state index in [1.54, 1.807) is 0 Å². The van der Waals surface area contributed by atoms with Crippen molar-refractivity contribution in [3.8, 4) is 0 Å². The monoisotopic (exact) mass is 366 g/mol. The summed E-state index contributed by atoms with van der Waals surface area (Å²) >= 11 is 6.25. The van der Waals surface area contributed by atoms with Gasteiger partial charge in [-0.1, -0.05) is 30.7 Å². The van der Waals surface area contributed by atoms with Crippen LogP contribution in [0.15, 0.2) is 42.5 Å². The van der Waals surface area contributed by atoms with Crippen LogP contribution in [0.3, 0.4) is 0 Å². The molecule has 4 nitrogen and oxygen atoms in total. The Morgan fingerprint density at radius 1 is 1.27 bits per heavy atom. The number of fused-ring (bicyclic) bond motifs is 6. The number of H-pyrrole nitrogens is 1. The maximum atomic E-state index is 13.7. The van der Waals surface area contributed by atoms with E-state index in [-0.39, 0.29) is 5.91 Å². The molecule has 5 heteroatoms. The number of carbonyl (C=O) groups is 1. The number of rotatable bonds is 2. The van der Waals surface area contributed by atoms with E-state index >= 15 is 0 Å². The van der Waals surface area contributed by atoms with Crippen molar-refractivity contribution in [2.24, 2.45) is 0 Å². The molecular weight excluding hydrogens is 346 g/mol. The lowest BCUT2D eigenvalue weighted by atomic mass is 9.82. The smallest absolute Gasteiger partial charge is 0.299 e. The van der Waals surface area contributed by atoms with Gasteiger partial charge in [-0.25, -0.2) is 0 Å². The van der Waals surface area contributed by atoms with Crippen LogP contribution in [0.1, 0.15) is 30.2 Å². The summed E-state index contributed by atoms with van der Waals surface area (Å²) in [4.78, 5) is 19.2. The van der Waals surface area contributed by atoms with E-state index in [2.05, 4.69) is 29.4 Å². The zero-order valence-corrected chi connectivity index (χ0v) is 15.4. The number of hydrogen-bond acceptors (Lipinski definition) is 1. The van der Waals surface area contributed by atoms with Crippen molar-refractivity contribution in [1.29, 1.82) is 0 Å². The van der Waals surface area contributed by atoms with Gasteiger partial charge in [-0.05, 0) is 42.3 Å². The number of para-hydroxylation sites is 1. The summed E-state index contributed by atoms with van der Waals surface area (Å²) in [6, 6.07) is 14.1. The van der Waals surface area contributed by atoms with Gasteiger partial charge in [-0.15, -0.1) is 0 Å². The lowest BCUT2D eigenvalue weighted by Crippen LogP contribution is -2.99. The van der Waals surface area contributed by atoms with Gasteiger partial charge in [0, 0.05) is 28.9 Å². The molecule has 1 aromatic heterocycles. The van der Waals surface area contributed by atoms with Gasteiger partial charge in [0.05, 0.1) is 23.5 Å². The third-order valence-corrected chi connectivity index (χ3v) is 5.99. The van der Waals surface area contributed by atoms with Crippen LogP contribution in [0, 0.1) is 0 Å². The van der Waals surface area contributed by atoms with Gasteiger partial charge in [0.1, 0.15) is 0 Å². The Bertz CT molecular complexity index is 1040. The minimum absolute atomic E-state index is 0.166. The molecule has 0 bridgehead atoms. The molecule has 1 spiro atoms. The van der Waals surface area contributed by atoms with Crippen LogP contribution in [0.5, 0.6) is 0 Å². The summed E-state index contributed by atoms with van der Waals surface area (Å²) in [5.74, 6) is 0.166. The zero-order chi connectivity index (χ0) is 17.9. The molecule has 1 atom stereocenters. The number of amides is 1. The zero-order valence-electron chi connectivity index (χ0n) is 14.7. The van der Waals surface area contributed by atoms with Crippen LogP contribution in [-0.2, 0) is 16.8 Å². The summed E-state index contributed by atoms with van der Waals surface area (Å²) in [5.41, 5.74) is 4.74. The minimum atomic E-state index is -0.704. The van der Waals surface area contributed by atoms with E-state index in [1.165, 1.54) is 5.56 Å². The van der Waals surface area contributed by atoms with Crippen molar-refractivity contribution in [1.82, 2.24) is 4.98 Å². The number of aromatic nitrogens is 1. The number of hydrogen-bond donors (Lipinski definition) is 2. The number of nitrogens with zero attached hydrogens (tertiary/aromatic N) is 1. The second-order valence-electron chi connectivity index (χ2n) is 7.19. The molecule has 0 saturated heterocycles. The molecule has 2 aliphatic rings. The van der Waals surface area contributed by atoms with Gasteiger partial charge in [0.2, 0.25) is 5.54 Å². The Balaban J connectivity index is 1.81. The van der Waals surface area contributed by atoms with Crippen molar-refractivity contribution < 1.29 is 10.1 Å². The minimum Gasteiger partial charge on any atom is -0.352 e. The fraction of sp³-hybridized carbons (Fsp3) is 0.286. The first-order chi connectivity index (χ1) is 12.7. The summed E-state index contributed by atoms with van der Waals surface area (Å²) in [7, 11) is 0.